The number of nitrogens with two attached hydrogens (primary N) is 1. The molecule has 0 aliphatic heterocycles. The van der Waals surface area contributed by atoms with Gasteiger partial charge in [0.25, 0.3) is 0 Å². The van der Waals surface area contributed by atoms with E-state index in [-0.39, 0.29) is 18.4 Å². The molecule has 0 spiro atoms. The number of rotatable bonds is 4. The number of carbonyl (C=O) groups excluding carboxylic acids is 1. The van der Waals surface area contributed by atoms with E-state index in [1.165, 1.54) is 0 Å². The Balaban J connectivity index is 2.88. The number of nitriles is 1. The van der Waals surface area contributed by atoms with Crippen LogP contribution in [0.3, 0.4) is 0 Å². The third-order valence-corrected chi connectivity index (χ3v) is 2.83. The van der Waals surface area contributed by atoms with Crippen LogP contribution in [0.2, 0.25) is 5.02 Å². The highest BCUT2D eigenvalue weighted by atomic mass is 35.5. The lowest BCUT2D eigenvalue weighted by Crippen LogP contribution is -2.28. The number of hydrogen-bond acceptors (Lipinski definition) is 3. The van der Waals surface area contributed by atoms with Crippen LogP contribution in [0.1, 0.15) is 18.9 Å². The number of nitrogens with one attached hydrogen (secondary N) is 1. The quantitative estimate of drug-likeness (QED) is 0.860. The average molecular weight is 252 g/mol. The van der Waals surface area contributed by atoms with Gasteiger partial charge in [0.05, 0.1) is 28.3 Å². The molecule has 0 saturated heterocycles. The molecule has 0 saturated carbocycles. The molecule has 0 heterocycles. The van der Waals surface area contributed by atoms with Crippen molar-refractivity contribution in [1.29, 1.82) is 5.26 Å². The van der Waals surface area contributed by atoms with Crippen LogP contribution < -0.4 is 11.1 Å². The Morgan fingerprint density at radius 2 is 2.35 bits per heavy atom. The minimum Gasteiger partial charge on any atom is -0.330 e. The monoisotopic (exact) mass is 251 g/mol. The largest absolute Gasteiger partial charge is 0.330 e. The molecule has 3 N–H and O–H groups in total. The summed E-state index contributed by atoms with van der Waals surface area (Å²) in [7, 11) is 0. The summed E-state index contributed by atoms with van der Waals surface area (Å²) in [5.74, 6) is -0.413. The van der Waals surface area contributed by atoms with Crippen LogP contribution in [0.5, 0.6) is 0 Å². The van der Waals surface area contributed by atoms with E-state index in [9.17, 15) is 4.79 Å². The number of hydrogen-bond donors (Lipinski definition) is 2. The molecule has 0 radical (unpaired) electrons. The third kappa shape index (κ3) is 3.45. The maximum atomic E-state index is 11.8. The molecule has 4 nitrogen and oxygen atoms in total. The van der Waals surface area contributed by atoms with Crippen molar-refractivity contribution in [2.75, 3.05) is 11.9 Å². The van der Waals surface area contributed by atoms with Crippen molar-refractivity contribution in [3.8, 4) is 6.07 Å². The summed E-state index contributed by atoms with van der Waals surface area (Å²) >= 11 is 5.93. The second kappa shape index (κ2) is 6.24. The van der Waals surface area contributed by atoms with Gasteiger partial charge in [-0.05, 0) is 24.6 Å². The highest BCUT2D eigenvalue weighted by Gasteiger charge is 2.15. The second-order valence-electron chi connectivity index (χ2n) is 3.64. The number of anilines is 1. The summed E-state index contributed by atoms with van der Waals surface area (Å²) in [5.41, 5.74) is 6.38. The maximum Gasteiger partial charge on any atom is 0.228 e. The van der Waals surface area contributed by atoms with Crippen molar-refractivity contribution in [1.82, 2.24) is 0 Å². The highest BCUT2D eigenvalue weighted by Crippen LogP contribution is 2.23. The van der Waals surface area contributed by atoms with Crippen LogP contribution in [0.25, 0.3) is 0 Å². The Kier molecular flexibility index (Phi) is 4.95. The van der Waals surface area contributed by atoms with Gasteiger partial charge in [0.2, 0.25) is 5.91 Å². The third-order valence-electron chi connectivity index (χ3n) is 2.50. The fourth-order valence-corrected chi connectivity index (χ4v) is 1.55. The molecule has 1 aromatic carbocycles. The van der Waals surface area contributed by atoms with E-state index in [2.05, 4.69) is 5.32 Å². The fraction of sp³-hybridized carbons (Fsp3) is 0.333. The summed E-state index contributed by atoms with van der Waals surface area (Å²) in [6.45, 7) is 2.18. The molecule has 0 aromatic heterocycles. The first-order chi connectivity index (χ1) is 8.12. The molecule has 0 aliphatic carbocycles. The number of benzene rings is 1. The Hall–Kier alpha value is -1.57. The van der Waals surface area contributed by atoms with Crippen LogP contribution >= 0.6 is 11.6 Å². The maximum absolute atomic E-state index is 11.8. The topological polar surface area (TPSA) is 78.9 Å². The van der Waals surface area contributed by atoms with Crippen molar-refractivity contribution < 1.29 is 4.79 Å². The van der Waals surface area contributed by atoms with Crippen molar-refractivity contribution in [2.24, 2.45) is 11.7 Å². The summed E-state index contributed by atoms with van der Waals surface area (Å²) in [6, 6.07) is 6.71. The molecule has 1 rings (SSSR count). The lowest BCUT2D eigenvalue weighted by atomic mass is 10.1. The SMILES string of the molecule is CCC(CN)C(=O)Nc1cc(C#N)ccc1Cl. The lowest BCUT2D eigenvalue weighted by Gasteiger charge is -2.13. The fourth-order valence-electron chi connectivity index (χ4n) is 1.38. The smallest absolute Gasteiger partial charge is 0.228 e. The van der Waals surface area contributed by atoms with E-state index in [1.54, 1.807) is 18.2 Å². The zero-order valence-corrected chi connectivity index (χ0v) is 10.3. The van der Waals surface area contributed by atoms with Gasteiger partial charge in [-0.25, -0.2) is 0 Å². The van der Waals surface area contributed by atoms with Crippen molar-refractivity contribution in [3.05, 3.63) is 28.8 Å². The standard InChI is InChI=1S/C12H14ClN3O/c1-2-9(7-15)12(17)16-11-5-8(6-14)3-4-10(11)13/h3-5,9H,2,7,15H2,1H3,(H,16,17). The van der Waals surface area contributed by atoms with Crippen LogP contribution in [0.15, 0.2) is 18.2 Å². The van der Waals surface area contributed by atoms with Gasteiger partial charge in [-0.3, -0.25) is 4.79 Å². The van der Waals surface area contributed by atoms with E-state index in [0.717, 1.165) is 0 Å². The second-order valence-corrected chi connectivity index (χ2v) is 4.04. The predicted octanol–water partition coefficient (Wildman–Crippen LogP) is 2.14. The first-order valence-corrected chi connectivity index (χ1v) is 5.70. The molecular formula is C12H14ClN3O. The number of nitrogens with zero attached hydrogens (tertiary/aromatic N) is 1. The molecule has 1 amide bonds. The van der Waals surface area contributed by atoms with Gasteiger partial charge in [0.1, 0.15) is 0 Å². The molecule has 5 heteroatoms. The Morgan fingerprint density at radius 3 is 2.88 bits per heavy atom. The Labute approximate surface area is 105 Å². The number of halogens is 1. The Bertz CT molecular complexity index is 450. The normalized spacial score (nSPS) is 11.6. The van der Waals surface area contributed by atoms with E-state index >= 15 is 0 Å². The van der Waals surface area contributed by atoms with E-state index < -0.39 is 0 Å². The van der Waals surface area contributed by atoms with Crippen molar-refractivity contribution in [2.45, 2.75) is 13.3 Å². The highest BCUT2D eigenvalue weighted by molar-refractivity contribution is 6.33. The van der Waals surface area contributed by atoms with Gasteiger partial charge >= 0.3 is 0 Å². The minimum atomic E-state index is -0.239. The molecule has 1 aromatic rings. The van der Waals surface area contributed by atoms with Gasteiger partial charge in [0.15, 0.2) is 0 Å². The average Bonchev–Trinajstić information content (AvgIpc) is 2.33. The van der Waals surface area contributed by atoms with Crippen LogP contribution in [-0.2, 0) is 4.79 Å². The van der Waals surface area contributed by atoms with Crippen LogP contribution in [-0.4, -0.2) is 12.5 Å². The molecule has 0 aliphatic rings. The van der Waals surface area contributed by atoms with Crippen LogP contribution in [0.4, 0.5) is 5.69 Å². The van der Waals surface area contributed by atoms with E-state index in [0.29, 0.717) is 22.7 Å². The van der Waals surface area contributed by atoms with Gasteiger partial charge in [-0.1, -0.05) is 18.5 Å². The lowest BCUT2D eigenvalue weighted by molar-refractivity contribution is -0.119. The summed E-state index contributed by atoms with van der Waals surface area (Å²) < 4.78 is 0. The van der Waals surface area contributed by atoms with Gasteiger partial charge < -0.3 is 11.1 Å². The van der Waals surface area contributed by atoms with Crippen molar-refractivity contribution in [3.63, 3.8) is 0 Å². The zero-order valence-electron chi connectivity index (χ0n) is 9.53. The van der Waals surface area contributed by atoms with Crippen LogP contribution in [0, 0.1) is 17.2 Å². The zero-order chi connectivity index (χ0) is 12.8. The van der Waals surface area contributed by atoms with Crippen molar-refractivity contribution >= 4 is 23.2 Å². The summed E-state index contributed by atoms with van der Waals surface area (Å²) in [5, 5.41) is 11.9. The molecule has 1 unspecified atom stereocenters. The van der Waals surface area contributed by atoms with E-state index in [1.807, 2.05) is 13.0 Å². The molecule has 0 bridgehead atoms. The predicted molar refractivity (Wildman–Crippen MR) is 67.6 cm³/mol. The number of amides is 1. The molecule has 0 fully saturated rings. The summed E-state index contributed by atoms with van der Waals surface area (Å²) in [4.78, 5) is 11.8. The minimum absolute atomic E-state index is 0.174. The van der Waals surface area contributed by atoms with Gasteiger partial charge in [-0.2, -0.15) is 5.26 Å². The molecular weight excluding hydrogens is 238 g/mol. The first-order valence-electron chi connectivity index (χ1n) is 5.33. The number of carbonyl (C=O) groups is 1. The summed E-state index contributed by atoms with van der Waals surface area (Å²) in [6.07, 6.45) is 0.665. The van der Waals surface area contributed by atoms with E-state index in [4.69, 9.17) is 22.6 Å². The van der Waals surface area contributed by atoms with Gasteiger partial charge in [0, 0.05) is 6.54 Å². The first kappa shape index (κ1) is 13.5. The molecule has 1 atom stereocenters. The molecule has 90 valence electrons. The Morgan fingerprint density at radius 1 is 1.65 bits per heavy atom. The molecule has 17 heavy (non-hydrogen) atoms. The van der Waals surface area contributed by atoms with Gasteiger partial charge in [-0.15, -0.1) is 0 Å².